The van der Waals surface area contributed by atoms with Crippen molar-refractivity contribution in [3.05, 3.63) is 48.3 Å². The molecule has 0 spiro atoms. The van der Waals surface area contributed by atoms with E-state index in [1.165, 1.54) is 0 Å². The Hall–Kier alpha value is -2.87. The van der Waals surface area contributed by atoms with Crippen molar-refractivity contribution in [1.29, 1.82) is 0 Å². The minimum atomic E-state index is -0.788. The van der Waals surface area contributed by atoms with Crippen molar-refractivity contribution < 1.29 is 9.90 Å². The van der Waals surface area contributed by atoms with Crippen molar-refractivity contribution in [2.45, 2.75) is 38.3 Å². The van der Waals surface area contributed by atoms with Crippen LogP contribution in [0.15, 0.2) is 36.9 Å². The number of nitrogens with one attached hydrogen (secondary N) is 2. The van der Waals surface area contributed by atoms with Gasteiger partial charge in [0.05, 0.1) is 29.5 Å². The summed E-state index contributed by atoms with van der Waals surface area (Å²) in [4.78, 5) is 26.1. The summed E-state index contributed by atoms with van der Waals surface area (Å²) in [6, 6.07) is 5.97. The van der Waals surface area contributed by atoms with Gasteiger partial charge in [-0.05, 0) is 31.4 Å². The highest BCUT2D eigenvalue weighted by atomic mass is 16.3. The predicted octanol–water partition coefficient (Wildman–Crippen LogP) is 1.85. The number of urea groups is 1. The van der Waals surface area contributed by atoms with Crippen LogP contribution in [0, 0.1) is 6.92 Å². The number of rotatable bonds is 5. The van der Waals surface area contributed by atoms with Crippen LogP contribution in [0.3, 0.4) is 0 Å². The fourth-order valence-corrected chi connectivity index (χ4v) is 3.75. The van der Waals surface area contributed by atoms with Crippen LogP contribution in [-0.2, 0) is 13.0 Å². The van der Waals surface area contributed by atoms with E-state index in [4.69, 9.17) is 0 Å². The molecule has 1 aromatic carbocycles. The van der Waals surface area contributed by atoms with Crippen LogP contribution >= 0.6 is 0 Å². The number of carbonyl (C=O) groups excluding carboxylic acids is 1. The lowest BCUT2D eigenvalue weighted by molar-refractivity contribution is -0.0257. The molecule has 8 heteroatoms. The molecule has 148 valence electrons. The summed E-state index contributed by atoms with van der Waals surface area (Å²) in [6.07, 6.45) is 7.02. The van der Waals surface area contributed by atoms with Crippen molar-refractivity contribution >= 4 is 17.1 Å². The molecule has 0 bridgehead atoms. The lowest BCUT2D eigenvalue weighted by Crippen LogP contribution is -2.51. The maximum Gasteiger partial charge on any atom is 0.317 e. The molecule has 28 heavy (non-hydrogen) atoms. The predicted molar refractivity (Wildman–Crippen MR) is 106 cm³/mol. The number of para-hydroxylation sites is 1. The number of H-pyrrole nitrogens is 1. The van der Waals surface area contributed by atoms with Crippen LogP contribution in [0.2, 0.25) is 0 Å². The summed E-state index contributed by atoms with van der Waals surface area (Å²) in [5.74, 6) is 0.873. The Kier molecular flexibility index (Phi) is 5.04. The van der Waals surface area contributed by atoms with E-state index in [0.717, 1.165) is 22.4 Å². The summed E-state index contributed by atoms with van der Waals surface area (Å²) in [6.45, 7) is 4.16. The quantitative estimate of drug-likeness (QED) is 0.627. The zero-order valence-electron chi connectivity index (χ0n) is 16.1. The van der Waals surface area contributed by atoms with Gasteiger partial charge in [-0.2, -0.15) is 0 Å². The van der Waals surface area contributed by atoms with Gasteiger partial charge in [0.25, 0.3) is 0 Å². The zero-order chi connectivity index (χ0) is 19.6. The monoisotopic (exact) mass is 382 g/mol. The van der Waals surface area contributed by atoms with Gasteiger partial charge in [0.2, 0.25) is 0 Å². The summed E-state index contributed by atoms with van der Waals surface area (Å²) in [5, 5.41) is 13.7. The number of hydrogen-bond donors (Lipinski definition) is 3. The molecule has 4 rings (SSSR count). The number of fused-ring (bicyclic) bond motifs is 1. The van der Waals surface area contributed by atoms with Gasteiger partial charge >= 0.3 is 6.03 Å². The van der Waals surface area contributed by atoms with Gasteiger partial charge < -0.3 is 24.9 Å². The minimum absolute atomic E-state index is 0.0861. The highest BCUT2D eigenvalue weighted by Gasteiger charge is 2.34. The number of piperidine rings is 1. The molecule has 0 saturated carbocycles. The third-order valence-corrected chi connectivity index (χ3v) is 5.42. The van der Waals surface area contributed by atoms with Crippen molar-refractivity contribution in [1.82, 2.24) is 29.7 Å². The standard InChI is InChI=1S/C20H26N6O2/c1-15-3-2-4-16-18(15)24-17(23-16)5-8-22-19(27)26-10-6-20(28,7-11-26)13-25-12-9-21-14-25/h2-4,9,12,14,28H,5-8,10-11,13H2,1H3,(H,22,27)(H,23,24). The molecule has 1 aliphatic rings. The van der Waals surface area contributed by atoms with E-state index in [1.54, 1.807) is 17.4 Å². The number of hydrogen-bond acceptors (Lipinski definition) is 4. The Morgan fingerprint density at radius 3 is 2.89 bits per heavy atom. The maximum absolute atomic E-state index is 12.4. The fraction of sp³-hybridized carbons (Fsp3) is 0.450. The summed E-state index contributed by atoms with van der Waals surface area (Å²) in [5.41, 5.74) is 2.36. The van der Waals surface area contributed by atoms with Gasteiger partial charge in [-0.3, -0.25) is 0 Å². The molecule has 0 radical (unpaired) electrons. The molecule has 2 amide bonds. The molecular weight excluding hydrogens is 356 g/mol. The Morgan fingerprint density at radius 1 is 1.36 bits per heavy atom. The Bertz CT molecular complexity index is 941. The molecule has 1 fully saturated rings. The van der Waals surface area contributed by atoms with E-state index in [2.05, 4.69) is 20.3 Å². The number of aliphatic hydroxyl groups is 1. The van der Waals surface area contributed by atoms with E-state index in [1.807, 2.05) is 35.9 Å². The molecular formula is C20H26N6O2. The Balaban J connectivity index is 1.25. The van der Waals surface area contributed by atoms with Crippen LogP contribution in [-0.4, -0.2) is 60.8 Å². The third kappa shape index (κ3) is 4.01. The number of aryl methyl sites for hydroxylation is 1. The number of likely N-dealkylation sites (tertiary alicyclic amines) is 1. The van der Waals surface area contributed by atoms with Crippen LogP contribution in [0.5, 0.6) is 0 Å². The largest absolute Gasteiger partial charge is 0.388 e. The van der Waals surface area contributed by atoms with Crippen LogP contribution in [0.25, 0.3) is 11.0 Å². The highest BCUT2D eigenvalue weighted by molar-refractivity contribution is 5.78. The maximum atomic E-state index is 12.4. The number of aromatic amines is 1. The number of imidazole rings is 2. The van der Waals surface area contributed by atoms with Crippen molar-refractivity contribution in [2.75, 3.05) is 19.6 Å². The number of nitrogens with zero attached hydrogens (tertiary/aromatic N) is 4. The smallest absolute Gasteiger partial charge is 0.317 e. The molecule has 1 saturated heterocycles. The average molecular weight is 382 g/mol. The van der Waals surface area contributed by atoms with Gasteiger partial charge in [0, 0.05) is 38.4 Å². The van der Waals surface area contributed by atoms with Gasteiger partial charge in [-0.25, -0.2) is 14.8 Å². The van der Waals surface area contributed by atoms with Crippen LogP contribution in [0.1, 0.15) is 24.2 Å². The number of amides is 2. The van der Waals surface area contributed by atoms with E-state index in [9.17, 15) is 9.90 Å². The summed E-state index contributed by atoms with van der Waals surface area (Å²) >= 11 is 0. The second-order valence-electron chi connectivity index (χ2n) is 7.58. The molecule has 3 aromatic rings. The third-order valence-electron chi connectivity index (χ3n) is 5.42. The molecule has 3 N–H and O–H groups in total. The van der Waals surface area contributed by atoms with E-state index >= 15 is 0 Å². The normalized spacial score (nSPS) is 16.4. The molecule has 1 aliphatic heterocycles. The second-order valence-corrected chi connectivity index (χ2v) is 7.58. The molecule has 2 aromatic heterocycles. The first-order chi connectivity index (χ1) is 13.5. The first-order valence-electron chi connectivity index (χ1n) is 9.68. The lowest BCUT2D eigenvalue weighted by Gasteiger charge is -2.38. The van der Waals surface area contributed by atoms with E-state index in [0.29, 0.717) is 45.4 Å². The van der Waals surface area contributed by atoms with E-state index in [-0.39, 0.29) is 6.03 Å². The van der Waals surface area contributed by atoms with Crippen molar-refractivity contribution in [2.24, 2.45) is 0 Å². The Labute approximate surface area is 163 Å². The topological polar surface area (TPSA) is 99.1 Å². The van der Waals surface area contributed by atoms with Crippen LogP contribution < -0.4 is 5.32 Å². The van der Waals surface area contributed by atoms with Gasteiger partial charge in [0.15, 0.2) is 0 Å². The zero-order valence-corrected chi connectivity index (χ0v) is 16.1. The number of carbonyl (C=O) groups is 1. The summed E-state index contributed by atoms with van der Waals surface area (Å²) < 4.78 is 1.88. The molecule has 3 heterocycles. The molecule has 0 unspecified atom stereocenters. The van der Waals surface area contributed by atoms with Crippen LogP contribution in [0.4, 0.5) is 4.79 Å². The van der Waals surface area contributed by atoms with Crippen molar-refractivity contribution in [3.63, 3.8) is 0 Å². The molecule has 0 atom stereocenters. The SMILES string of the molecule is Cc1cccc2[nH]c(CCNC(=O)N3CCC(O)(Cn4ccnc4)CC3)nc12. The van der Waals surface area contributed by atoms with Gasteiger partial charge in [-0.1, -0.05) is 12.1 Å². The minimum Gasteiger partial charge on any atom is -0.388 e. The summed E-state index contributed by atoms with van der Waals surface area (Å²) in [7, 11) is 0. The first-order valence-corrected chi connectivity index (χ1v) is 9.68. The average Bonchev–Trinajstić information content (AvgIpc) is 3.32. The highest BCUT2D eigenvalue weighted by Crippen LogP contribution is 2.24. The van der Waals surface area contributed by atoms with E-state index < -0.39 is 5.60 Å². The molecule has 8 nitrogen and oxygen atoms in total. The Morgan fingerprint density at radius 2 is 2.18 bits per heavy atom. The van der Waals surface area contributed by atoms with Crippen molar-refractivity contribution in [3.8, 4) is 0 Å². The molecule has 0 aliphatic carbocycles. The van der Waals surface area contributed by atoms with Gasteiger partial charge in [0.1, 0.15) is 5.82 Å². The first kappa shape index (κ1) is 18.5. The second kappa shape index (κ2) is 7.63. The fourth-order valence-electron chi connectivity index (χ4n) is 3.75. The number of aromatic nitrogens is 4. The number of benzene rings is 1. The lowest BCUT2D eigenvalue weighted by atomic mass is 9.91. The van der Waals surface area contributed by atoms with Gasteiger partial charge in [-0.15, -0.1) is 0 Å².